The van der Waals surface area contributed by atoms with E-state index in [0.717, 1.165) is 5.56 Å². The zero-order valence-electron chi connectivity index (χ0n) is 14.3. The van der Waals surface area contributed by atoms with E-state index < -0.39 is 0 Å². The van der Waals surface area contributed by atoms with E-state index in [4.69, 9.17) is 9.47 Å². The Morgan fingerprint density at radius 1 is 1.00 bits per heavy atom. The molecule has 0 bridgehead atoms. The number of hydrogen-bond acceptors (Lipinski definition) is 4. The second-order valence-electron chi connectivity index (χ2n) is 5.46. The van der Waals surface area contributed by atoms with Crippen molar-refractivity contribution in [2.75, 3.05) is 19.5 Å². The first-order chi connectivity index (χ1) is 12.6. The number of aromatic nitrogens is 1. The molecule has 1 amide bonds. The summed E-state index contributed by atoms with van der Waals surface area (Å²) < 4.78 is 23.4. The number of benzene rings is 2. The minimum atomic E-state index is -0.313. The van der Waals surface area contributed by atoms with Gasteiger partial charge in [-0.05, 0) is 48.5 Å². The lowest BCUT2D eigenvalue weighted by Crippen LogP contribution is -2.13. The molecule has 0 atom stereocenters. The Balaban J connectivity index is 1.77. The molecule has 0 spiro atoms. The third kappa shape index (κ3) is 3.80. The van der Waals surface area contributed by atoms with Gasteiger partial charge in [0.2, 0.25) is 0 Å². The average molecular weight is 352 g/mol. The third-order valence-electron chi connectivity index (χ3n) is 3.82. The van der Waals surface area contributed by atoms with Gasteiger partial charge in [0.25, 0.3) is 5.91 Å². The Labute approximate surface area is 150 Å². The van der Waals surface area contributed by atoms with E-state index in [0.29, 0.717) is 28.4 Å². The van der Waals surface area contributed by atoms with Crippen LogP contribution in [0.4, 0.5) is 10.1 Å². The van der Waals surface area contributed by atoms with E-state index in [-0.39, 0.29) is 11.7 Å². The quantitative estimate of drug-likeness (QED) is 0.749. The van der Waals surface area contributed by atoms with Crippen molar-refractivity contribution in [1.29, 1.82) is 0 Å². The van der Waals surface area contributed by atoms with Gasteiger partial charge >= 0.3 is 0 Å². The summed E-state index contributed by atoms with van der Waals surface area (Å²) in [5, 5.41) is 2.79. The Hall–Kier alpha value is -3.41. The summed E-state index contributed by atoms with van der Waals surface area (Å²) in [6, 6.07) is 14.5. The zero-order chi connectivity index (χ0) is 18.5. The largest absolute Gasteiger partial charge is 0.497 e. The number of pyridine rings is 1. The van der Waals surface area contributed by atoms with Gasteiger partial charge in [-0.1, -0.05) is 0 Å². The van der Waals surface area contributed by atoms with E-state index in [1.165, 1.54) is 25.4 Å². The first-order valence-corrected chi connectivity index (χ1v) is 7.86. The van der Waals surface area contributed by atoms with E-state index in [1.54, 1.807) is 49.6 Å². The topological polar surface area (TPSA) is 60.5 Å². The normalized spacial score (nSPS) is 10.3. The van der Waals surface area contributed by atoms with E-state index in [2.05, 4.69) is 10.3 Å². The maximum atomic E-state index is 13.0. The molecular formula is C20H17FN2O3. The lowest BCUT2D eigenvalue weighted by atomic mass is 10.1. The monoisotopic (exact) mass is 352 g/mol. The smallest absolute Gasteiger partial charge is 0.257 e. The van der Waals surface area contributed by atoms with Crippen molar-refractivity contribution in [1.82, 2.24) is 4.98 Å². The van der Waals surface area contributed by atoms with Crippen molar-refractivity contribution in [3.8, 4) is 22.8 Å². The fourth-order valence-corrected chi connectivity index (χ4v) is 2.42. The number of carbonyl (C=O) groups excluding carboxylic acids is 1. The lowest BCUT2D eigenvalue weighted by molar-refractivity contribution is 0.102. The zero-order valence-corrected chi connectivity index (χ0v) is 14.3. The van der Waals surface area contributed by atoms with Crippen LogP contribution in [0, 0.1) is 5.82 Å². The molecule has 3 rings (SSSR count). The maximum absolute atomic E-state index is 13.0. The van der Waals surface area contributed by atoms with Gasteiger partial charge in [0.15, 0.2) is 0 Å². The molecule has 0 aliphatic heterocycles. The summed E-state index contributed by atoms with van der Waals surface area (Å²) in [5.74, 6) is 0.503. The van der Waals surface area contributed by atoms with E-state index >= 15 is 0 Å². The van der Waals surface area contributed by atoms with Crippen molar-refractivity contribution >= 4 is 11.6 Å². The number of anilines is 1. The molecule has 0 saturated carbocycles. The minimum Gasteiger partial charge on any atom is -0.497 e. The highest BCUT2D eigenvalue weighted by molar-refractivity contribution is 6.05. The van der Waals surface area contributed by atoms with Crippen LogP contribution in [-0.2, 0) is 0 Å². The first kappa shape index (κ1) is 17.4. The van der Waals surface area contributed by atoms with Crippen molar-refractivity contribution in [3.05, 3.63) is 72.2 Å². The van der Waals surface area contributed by atoms with Crippen LogP contribution in [0.5, 0.6) is 11.5 Å². The van der Waals surface area contributed by atoms with Gasteiger partial charge in [0, 0.05) is 17.8 Å². The van der Waals surface area contributed by atoms with Gasteiger partial charge in [-0.15, -0.1) is 0 Å². The molecule has 1 heterocycles. The van der Waals surface area contributed by atoms with Crippen LogP contribution in [-0.4, -0.2) is 25.1 Å². The summed E-state index contributed by atoms with van der Waals surface area (Å²) in [6.07, 6.45) is 1.48. The lowest BCUT2D eigenvalue weighted by Gasteiger charge is -2.11. The molecular weight excluding hydrogens is 335 g/mol. The van der Waals surface area contributed by atoms with Gasteiger partial charge < -0.3 is 14.8 Å². The first-order valence-electron chi connectivity index (χ1n) is 7.86. The van der Waals surface area contributed by atoms with Gasteiger partial charge in [0.1, 0.15) is 17.3 Å². The molecule has 5 nitrogen and oxygen atoms in total. The SMILES string of the molecule is COc1ccc(NC(=O)c2ccc(-c3ccc(F)cc3)nc2)c(OC)c1. The highest BCUT2D eigenvalue weighted by Crippen LogP contribution is 2.29. The number of ether oxygens (including phenoxy) is 2. The van der Waals surface area contributed by atoms with Gasteiger partial charge in [-0.25, -0.2) is 4.39 Å². The molecule has 0 radical (unpaired) electrons. The Kier molecular flexibility index (Phi) is 5.12. The summed E-state index contributed by atoms with van der Waals surface area (Å²) in [5.41, 5.74) is 2.36. The van der Waals surface area contributed by atoms with Crippen LogP contribution in [0.1, 0.15) is 10.4 Å². The van der Waals surface area contributed by atoms with Gasteiger partial charge in [0.05, 0.1) is 31.2 Å². The summed E-state index contributed by atoms with van der Waals surface area (Å²) >= 11 is 0. The van der Waals surface area contributed by atoms with Crippen molar-refractivity contribution in [2.24, 2.45) is 0 Å². The van der Waals surface area contributed by atoms with E-state index in [1.807, 2.05) is 0 Å². The second kappa shape index (κ2) is 7.65. The molecule has 132 valence electrons. The molecule has 3 aromatic rings. The Bertz CT molecular complexity index is 909. The molecule has 0 saturated heterocycles. The number of nitrogens with zero attached hydrogens (tertiary/aromatic N) is 1. The van der Waals surface area contributed by atoms with Crippen LogP contribution in [0.25, 0.3) is 11.3 Å². The third-order valence-corrected chi connectivity index (χ3v) is 3.82. The molecule has 1 N–H and O–H groups in total. The summed E-state index contributed by atoms with van der Waals surface area (Å²) in [6.45, 7) is 0. The Morgan fingerprint density at radius 2 is 1.77 bits per heavy atom. The molecule has 0 aliphatic carbocycles. The number of methoxy groups -OCH3 is 2. The summed E-state index contributed by atoms with van der Waals surface area (Å²) in [7, 11) is 3.07. The average Bonchev–Trinajstić information content (AvgIpc) is 2.69. The molecule has 0 fully saturated rings. The highest BCUT2D eigenvalue weighted by atomic mass is 19.1. The van der Waals surface area contributed by atoms with Crippen molar-refractivity contribution in [2.45, 2.75) is 0 Å². The predicted molar refractivity (Wildman–Crippen MR) is 97.1 cm³/mol. The number of amides is 1. The van der Waals surface area contributed by atoms with Crippen molar-refractivity contribution < 1.29 is 18.7 Å². The Morgan fingerprint density at radius 3 is 2.38 bits per heavy atom. The van der Waals surface area contributed by atoms with Crippen LogP contribution in [0.15, 0.2) is 60.8 Å². The van der Waals surface area contributed by atoms with Gasteiger partial charge in [-0.3, -0.25) is 9.78 Å². The van der Waals surface area contributed by atoms with Crippen LogP contribution in [0.3, 0.4) is 0 Å². The fourth-order valence-electron chi connectivity index (χ4n) is 2.42. The number of halogens is 1. The second-order valence-corrected chi connectivity index (χ2v) is 5.46. The number of rotatable bonds is 5. The minimum absolute atomic E-state index is 0.307. The van der Waals surface area contributed by atoms with Crippen LogP contribution in [0.2, 0.25) is 0 Å². The van der Waals surface area contributed by atoms with Crippen molar-refractivity contribution in [3.63, 3.8) is 0 Å². The highest BCUT2D eigenvalue weighted by Gasteiger charge is 2.11. The predicted octanol–water partition coefficient (Wildman–Crippen LogP) is 4.16. The standard InChI is InChI=1S/C20H17FN2O3/c1-25-16-8-10-18(19(11-16)26-2)23-20(24)14-5-9-17(22-12-14)13-3-6-15(21)7-4-13/h3-12H,1-2H3,(H,23,24). The van der Waals surface area contributed by atoms with Crippen LogP contribution >= 0.6 is 0 Å². The number of hydrogen-bond donors (Lipinski definition) is 1. The van der Waals surface area contributed by atoms with Gasteiger partial charge in [-0.2, -0.15) is 0 Å². The fraction of sp³-hybridized carbons (Fsp3) is 0.100. The molecule has 1 aromatic heterocycles. The maximum Gasteiger partial charge on any atom is 0.257 e. The number of carbonyl (C=O) groups is 1. The molecule has 6 heteroatoms. The van der Waals surface area contributed by atoms with E-state index in [9.17, 15) is 9.18 Å². The number of nitrogens with one attached hydrogen (secondary N) is 1. The molecule has 2 aromatic carbocycles. The molecule has 0 aliphatic rings. The molecule has 26 heavy (non-hydrogen) atoms. The molecule has 0 unspecified atom stereocenters. The van der Waals surface area contributed by atoms with Crippen LogP contribution < -0.4 is 14.8 Å². The summed E-state index contributed by atoms with van der Waals surface area (Å²) in [4.78, 5) is 16.7.